The molecule has 128 valence electrons. The maximum atomic E-state index is 11.3. The fourth-order valence-electron chi connectivity index (χ4n) is 2.91. The first kappa shape index (κ1) is 16.6. The fraction of sp³-hybridized carbons (Fsp3) is 0.400. The van der Waals surface area contributed by atoms with Crippen molar-refractivity contribution in [1.29, 1.82) is 0 Å². The molecule has 0 amide bonds. The molecule has 0 bridgehead atoms. The van der Waals surface area contributed by atoms with E-state index in [2.05, 4.69) is 14.7 Å². The van der Waals surface area contributed by atoms with Gasteiger partial charge < -0.3 is 10.0 Å². The lowest BCUT2D eigenvalue weighted by Crippen LogP contribution is -2.44. The summed E-state index contributed by atoms with van der Waals surface area (Å²) in [5.74, 6) is -0.827. The van der Waals surface area contributed by atoms with Crippen molar-refractivity contribution >= 4 is 32.7 Å². The number of carboxylic acid groups (broad SMARTS) is 1. The number of carboxylic acids is 1. The van der Waals surface area contributed by atoms with Crippen LogP contribution in [0.1, 0.15) is 23.5 Å². The SMILES string of the molecule is CS(=O)(=O)NC1CCN(c2nc(C(=O)O)nc3ccccc23)CC1. The molecular formula is C15H18N4O4S. The average Bonchev–Trinajstić information content (AvgIpc) is 2.53. The zero-order valence-corrected chi connectivity index (χ0v) is 14.0. The number of aromatic carboxylic acids is 1. The molecule has 1 aromatic heterocycles. The van der Waals surface area contributed by atoms with Crippen molar-refractivity contribution in [2.24, 2.45) is 0 Å². The van der Waals surface area contributed by atoms with Crippen molar-refractivity contribution in [1.82, 2.24) is 14.7 Å². The van der Waals surface area contributed by atoms with Crippen LogP contribution in [-0.2, 0) is 10.0 Å². The third-order valence-electron chi connectivity index (χ3n) is 3.95. The minimum atomic E-state index is -3.23. The Hall–Kier alpha value is -2.26. The third kappa shape index (κ3) is 3.62. The molecule has 9 heteroatoms. The molecule has 1 fully saturated rings. The quantitative estimate of drug-likeness (QED) is 0.840. The van der Waals surface area contributed by atoms with E-state index in [0.717, 1.165) is 11.6 Å². The molecule has 0 spiro atoms. The molecule has 2 aromatic rings. The van der Waals surface area contributed by atoms with Gasteiger partial charge in [0, 0.05) is 24.5 Å². The van der Waals surface area contributed by atoms with Gasteiger partial charge in [0.25, 0.3) is 0 Å². The lowest BCUT2D eigenvalue weighted by Gasteiger charge is -2.33. The van der Waals surface area contributed by atoms with E-state index < -0.39 is 16.0 Å². The monoisotopic (exact) mass is 350 g/mol. The zero-order valence-electron chi connectivity index (χ0n) is 13.1. The molecule has 1 saturated heterocycles. The highest BCUT2D eigenvalue weighted by Crippen LogP contribution is 2.26. The predicted octanol–water partition coefficient (Wildman–Crippen LogP) is 0.846. The van der Waals surface area contributed by atoms with Gasteiger partial charge in [-0.3, -0.25) is 0 Å². The Balaban J connectivity index is 1.89. The van der Waals surface area contributed by atoms with Crippen LogP contribution in [0.3, 0.4) is 0 Å². The molecule has 0 atom stereocenters. The maximum Gasteiger partial charge on any atom is 0.374 e. The fourth-order valence-corrected chi connectivity index (χ4v) is 3.75. The van der Waals surface area contributed by atoms with Gasteiger partial charge in [0.1, 0.15) is 5.82 Å². The van der Waals surface area contributed by atoms with Gasteiger partial charge >= 0.3 is 5.97 Å². The Morgan fingerprint density at radius 1 is 1.25 bits per heavy atom. The Kier molecular flexibility index (Phi) is 4.37. The van der Waals surface area contributed by atoms with Gasteiger partial charge in [-0.05, 0) is 25.0 Å². The van der Waals surface area contributed by atoms with Crippen molar-refractivity contribution in [2.75, 3.05) is 24.2 Å². The van der Waals surface area contributed by atoms with Crippen LogP contribution in [0.15, 0.2) is 24.3 Å². The number of para-hydroxylation sites is 1. The van der Waals surface area contributed by atoms with Crippen LogP contribution in [0.25, 0.3) is 10.9 Å². The van der Waals surface area contributed by atoms with Gasteiger partial charge in [0.15, 0.2) is 0 Å². The lowest BCUT2D eigenvalue weighted by atomic mass is 10.1. The normalized spacial score (nSPS) is 16.5. The van der Waals surface area contributed by atoms with Crippen LogP contribution in [0, 0.1) is 0 Å². The Labute approximate surface area is 139 Å². The molecule has 2 N–H and O–H groups in total. The topological polar surface area (TPSA) is 112 Å². The number of hydrogen-bond donors (Lipinski definition) is 2. The number of benzene rings is 1. The van der Waals surface area contributed by atoms with Crippen molar-refractivity contribution < 1.29 is 18.3 Å². The highest BCUT2D eigenvalue weighted by atomic mass is 32.2. The zero-order chi connectivity index (χ0) is 17.3. The Morgan fingerprint density at radius 3 is 2.54 bits per heavy atom. The van der Waals surface area contributed by atoms with Crippen molar-refractivity contribution in [2.45, 2.75) is 18.9 Å². The summed E-state index contributed by atoms with van der Waals surface area (Å²) in [4.78, 5) is 21.5. The number of hydrogen-bond acceptors (Lipinski definition) is 6. The van der Waals surface area contributed by atoms with Gasteiger partial charge in [-0.2, -0.15) is 0 Å². The highest BCUT2D eigenvalue weighted by Gasteiger charge is 2.24. The molecule has 0 unspecified atom stereocenters. The van der Waals surface area contributed by atoms with Gasteiger partial charge in [-0.25, -0.2) is 27.9 Å². The van der Waals surface area contributed by atoms with E-state index in [1.807, 2.05) is 17.0 Å². The van der Waals surface area contributed by atoms with Crippen LogP contribution in [0.4, 0.5) is 5.82 Å². The molecule has 0 radical (unpaired) electrons. The number of anilines is 1. The predicted molar refractivity (Wildman–Crippen MR) is 89.7 cm³/mol. The largest absolute Gasteiger partial charge is 0.475 e. The van der Waals surface area contributed by atoms with E-state index in [1.165, 1.54) is 0 Å². The smallest absolute Gasteiger partial charge is 0.374 e. The number of rotatable bonds is 4. The molecule has 1 aliphatic rings. The highest BCUT2D eigenvalue weighted by molar-refractivity contribution is 7.88. The summed E-state index contributed by atoms with van der Waals surface area (Å²) in [6, 6.07) is 7.16. The van der Waals surface area contributed by atoms with Crippen LogP contribution >= 0.6 is 0 Å². The summed E-state index contributed by atoms with van der Waals surface area (Å²) >= 11 is 0. The summed E-state index contributed by atoms with van der Waals surface area (Å²) < 4.78 is 25.3. The number of nitrogens with zero attached hydrogens (tertiary/aromatic N) is 3. The third-order valence-corrected chi connectivity index (χ3v) is 4.71. The lowest BCUT2D eigenvalue weighted by molar-refractivity contribution is 0.0684. The molecule has 24 heavy (non-hydrogen) atoms. The second-order valence-electron chi connectivity index (χ2n) is 5.84. The van der Waals surface area contributed by atoms with Gasteiger partial charge in [-0.15, -0.1) is 0 Å². The van der Waals surface area contributed by atoms with Crippen LogP contribution < -0.4 is 9.62 Å². The van der Waals surface area contributed by atoms with Crippen LogP contribution in [0.5, 0.6) is 0 Å². The summed E-state index contributed by atoms with van der Waals surface area (Å²) in [5.41, 5.74) is 0.580. The average molecular weight is 350 g/mol. The van der Waals surface area contributed by atoms with E-state index in [-0.39, 0.29) is 11.9 Å². The van der Waals surface area contributed by atoms with Crippen molar-refractivity contribution in [3.8, 4) is 0 Å². The van der Waals surface area contributed by atoms with Crippen molar-refractivity contribution in [3.63, 3.8) is 0 Å². The molecule has 2 heterocycles. The van der Waals surface area contributed by atoms with Crippen LogP contribution in [0.2, 0.25) is 0 Å². The summed E-state index contributed by atoms with van der Waals surface area (Å²) in [6.45, 7) is 1.18. The maximum absolute atomic E-state index is 11.3. The molecule has 0 saturated carbocycles. The first-order chi connectivity index (χ1) is 11.3. The molecular weight excluding hydrogens is 332 g/mol. The number of sulfonamides is 1. The van der Waals surface area contributed by atoms with E-state index in [9.17, 15) is 18.3 Å². The summed E-state index contributed by atoms with van der Waals surface area (Å²) in [6.07, 6.45) is 2.41. The van der Waals surface area contributed by atoms with Gasteiger partial charge in [0.05, 0.1) is 11.8 Å². The summed E-state index contributed by atoms with van der Waals surface area (Å²) in [7, 11) is -3.23. The Morgan fingerprint density at radius 2 is 1.92 bits per heavy atom. The first-order valence-corrected chi connectivity index (χ1v) is 9.45. The number of aromatic nitrogens is 2. The minimum absolute atomic E-state index is 0.108. The number of carbonyl (C=O) groups is 1. The van der Waals surface area contributed by atoms with E-state index >= 15 is 0 Å². The second kappa shape index (κ2) is 6.33. The second-order valence-corrected chi connectivity index (χ2v) is 7.62. The van der Waals surface area contributed by atoms with E-state index in [4.69, 9.17) is 0 Å². The molecule has 8 nitrogen and oxygen atoms in total. The van der Waals surface area contributed by atoms with Gasteiger partial charge in [0.2, 0.25) is 15.8 Å². The summed E-state index contributed by atoms with van der Waals surface area (Å²) in [5, 5.41) is 10.0. The first-order valence-electron chi connectivity index (χ1n) is 7.56. The Bertz CT molecular complexity index is 876. The molecule has 1 aromatic carbocycles. The minimum Gasteiger partial charge on any atom is -0.475 e. The standard InChI is InChI=1S/C15H18N4O4S/c1-24(22,23)18-10-6-8-19(9-7-10)14-11-4-2-3-5-12(11)16-13(17-14)15(20)21/h2-5,10,18H,6-9H2,1H3,(H,20,21). The molecule has 1 aliphatic heterocycles. The number of fused-ring (bicyclic) bond motifs is 1. The number of nitrogens with one attached hydrogen (secondary N) is 1. The molecule has 0 aliphatic carbocycles. The van der Waals surface area contributed by atoms with Crippen molar-refractivity contribution in [3.05, 3.63) is 30.1 Å². The van der Waals surface area contributed by atoms with E-state index in [0.29, 0.717) is 37.3 Å². The van der Waals surface area contributed by atoms with Crippen LogP contribution in [-0.4, -0.2) is 54.8 Å². The van der Waals surface area contributed by atoms with E-state index in [1.54, 1.807) is 12.1 Å². The van der Waals surface area contributed by atoms with Gasteiger partial charge in [-0.1, -0.05) is 12.1 Å². The molecule has 3 rings (SSSR count). The number of piperidine rings is 1.